The van der Waals surface area contributed by atoms with Crippen LogP contribution in [0.1, 0.15) is 25.3 Å². The third-order valence-electron chi connectivity index (χ3n) is 5.58. The van der Waals surface area contributed by atoms with Gasteiger partial charge in [-0.15, -0.1) is 0 Å². The number of hydrogen-bond acceptors (Lipinski definition) is 6. The zero-order chi connectivity index (χ0) is 21.8. The molecule has 0 amide bonds. The molecule has 158 valence electrons. The van der Waals surface area contributed by atoms with Gasteiger partial charge in [-0.1, -0.05) is 42.4 Å². The van der Waals surface area contributed by atoms with Crippen molar-refractivity contribution in [1.29, 1.82) is 5.26 Å². The summed E-state index contributed by atoms with van der Waals surface area (Å²) in [5.74, 6) is 1.31. The van der Waals surface area contributed by atoms with Crippen LogP contribution < -0.4 is 10.2 Å². The molecule has 0 spiro atoms. The van der Waals surface area contributed by atoms with Crippen LogP contribution in [0.25, 0.3) is 11.3 Å². The molecule has 0 saturated carbocycles. The van der Waals surface area contributed by atoms with E-state index in [9.17, 15) is 5.26 Å². The Morgan fingerprint density at radius 2 is 1.74 bits per heavy atom. The predicted octanol–water partition coefficient (Wildman–Crippen LogP) is 6.37. The SMILES string of the molecule is CSc1nc(Nc2ccc(N3CCC(C)CC3)cc2)c(C#N)c(-c2ccc(Cl)cc2)n1. The standard InChI is InChI=1S/C24H24ClN5S/c1-16-11-13-30(14-12-16)20-9-7-19(8-10-20)27-23-21(15-26)22(28-24(29-23)31-2)17-3-5-18(25)6-4-17/h3-10,16H,11-14H2,1-2H3,(H,27,28,29). The van der Waals surface area contributed by atoms with Crippen LogP contribution in [0.5, 0.6) is 0 Å². The smallest absolute Gasteiger partial charge is 0.189 e. The van der Waals surface area contributed by atoms with Crippen molar-refractivity contribution in [3.05, 3.63) is 59.1 Å². The van der Waals surface area contributed by atoms with E-state index in [0.717, 1.165) is 30.3 Å². The second kappa shape index (κ2) is 9.59. The molecule has 1 saturated heterocycles. The lowest BCUT2D eigenvalue weighted by Crippen LogP contribution is -2.32. The third-order valence-corrected chi connectivity index (χ3v) is 6.38. The molecule has 1 fully saturated rings. The van der Waals surface area contributed by atoms with Gasteiger partial charge in [-0.25, -0.2) is 9.97 Å². The van der Waals surface area contributed by atoms with Crippen LogP contribution in [-0.2, 0) is 0 Å². The van der Waals surface area contributed by atoms with Gasteiger partial charge in [0.15, 0.2) is 11.0 Å². The quantitative estimate of drug-likeness (QED) is 0.360. The number of aromatic nitrogens is 2. The Kier molecular flexibility index (Phi) is 6.64. The van der Waals surface area contributed by atoms with Crippen molar-refractivity contribution >= 4 is 40.6 Å². The average Bonchev–Trinajstić information content (AvgIpc) is 2.80. The molecule has 1 aromatic heterocycles. The summed E-state index contributed by atoms with van der Waals surface area (Å²) >= 11 is 7.47. The lowest BCUT2D eigenvalue weighted by atomic mass is 9.99. The molecular formula is C24H24ClN5S. The molecule has 0 atom stereocenters. The molecule has 4 rings (SSSR count). The number of thioether (sulfide) groups is 1. The van der Waals surface area contributed by atoms with Gasteiger partial charge in [-0.3, -0.25) is 0 Å². The van der Waals surface area contributed by atoms with Crippen LogP contribution in [-0.4, -0.2) is 29.3 Å². The maximum atomic E-state index is 9.88. The molecule has 3 aromatic rings. The Bertz CT molecular complexity index is 1080. The highest BCUT2D eigenvalue weighted by atomic mass is 35.5. The summed E-state index contributed by atoms with van der Waals surface area (Å²) in [7, 11) is 0. The minimum absolute atomic E-state index is 0.411. The van der Waals surface area contributed by atoms with E-state index in [0.29, 0.717) is 27.3 Å². The molecule has 0 unspecified atom stereocenters. The van der Waals surface area contributed by atoms with Gasteiger partial charge in [0.2, 0.25) is 0 Å². The van der Waals surface area contributed by atoms with Gasteiger partial charge in [0.1, 0.15) is 11.6 Å². The van der Waals surface area contributed by atoms with Crippen molar-refractivity contribution in [3.63, 3.8) is 0 Å². The van der Waals surface area contributed by atoms with Crippen LogP contribution in [0.15, 0.2) is 53.7 Å². The molecule has 31 heavy (non-hydrogen) atoms. The van der Waals surface area contributed by atoms with Crippen LogP contribution in [0.2, 0.25) is 5.02 Å². The predicted molar refractivity (Wildman–Crippen MR) is 129 cm³/mol. The van der Waals surface area contributed by atoms with E-state index in [-0.39, 0.29) is 0 Å². The molecule has 2 heterocycles. The first-order chi connectivity index (χ1) is 15.1. The van der Waals surface area contributed by atoms with Crippen LogP contribution in [0.3, 0.4) is 0 Å². The summed E-state index contributed by atoms with van der Waals surface area (Å²) in [5.41, 5.74) is 3.96. The van der Waals surface area contributed by atoms with Crippen molar-refractivity contribution < 1.29 is 0 Å². The molecule has 1 aliphatic rings. The summed E-state index contributed by atoms with van der Waals surface area (Å²) < 4.78 is 0. The number of rotatable bonds is 5. The van der Waals surface area contributed by atoms with Gasteiger partial charge >= 0.3 is 0 Å². The van der Waals surface area contributed by atoms with E-state index in [1.807, 2.05) is 30.5 Å². The number of anilines is 3. The van der Waals surface area contributed by atoms with Crippen molar-refractivity contribution in [1.82, 2.24) is 9.97 Å². The number of nitriles is 1. The maximum Gasteiger partial charge on any atom is 0.189 e. The van der Waals surface area contributed by atoms with Crippen molar-refractivity contribution in [3.8, 4) is 17.3 Å². The summed E-state index contributed by atoms with van der Waals surface area (Å²) in [4.78, 5) is 11.6. The highest BCUT2D eigenvalue weighted by molar-refractivity contribution is 7.98. The van der Waals surface area contributed by atoms with Gasteiger partial charge in [0, 0.05) is 35.1 Å². The number of benzene rings is 2. The Labute approximate surface area is 192 Å². The fourth-order valence-electron chi connectivity index (χ4n) is 3.70. The Balaban J connectivity index is 1.62. The largest absolute Gasteiger partial charge is 0.372 e. The number of nitrogens with zero attached hydrogens (tertiary/aromatic N) is 4. The second-order valence-corrected chi connectivity index (χ2v) is 8.95. The lowest BCUT2D eigenvalue weighted by Gasteiger charge is -2.32. The Morgan fingerprint density at radius 1 is 1.06 bits per heavy atom. The number of halogens is 1. The Hall–Kier alpha value is -2.75. The van der Waals surface area contributed by atoms with Gasteiger partial charge < -0.3 is 10.2 Å². The van der Waals surface area contributed by atoms with Crippen molar-refractivity contribution in [2.75, 3.05) is 29.6 Å². The lowest BCUT2D eigenvalue weighted by molar-refractivity contribution is 0.438. The molecule has 0 bridgehead atoms. The monoisotopic (exact) mass is 449 g/mol. The molecule has 0 aliphatic carbocycles. The zero-order valence-corrected chi connectivity index (χ0v) is 19.2. The molecule has 1 aliphatic heterocycles. The minimum Gasteiger partial charge on any atom is -0.372 e. The molecule has 5 nitrogen and oxygen atoms in total. The van der Waals surface area contributed by atoms with E-state index >= 15 is 0 Å². The average molecular weight is 450 g/mol. The van der Waals surface area contributed by atoms with Gasteiger partial charge in [0.05, 0.1) is 5.69 Å². The van der Waals surface area contributed by atoms with E-state index in [2.05, 4.69) is 45.3 Å². The van der Waals surface area contributed by atoms with Crippen LogP contribution in [0.4, 0.5) is 17.2 Å². The summed E-state index contributed by atoms with van der Waals surface area (Å²) in [6.45, 7) is 4.51. The van der Waals surface area contributed by atoms with E-state index in [4.69, 9.17) is 11.6 Å². The topological polar surface area (TPSA) is 64.8 Å². The molecular weight excluding hydrogens is 426 g/mol. The first kappa shape index (κ1) is 21.5. The van der Waals surface area contributed by atoms with E-state index in [1.165, 1.54) is 30.3 Å². The molecule has 2 aromatic carbocycles. The minimum atomic E-state index is 0.411. The molecule has 1 N–H and O–H groups in total. The summed E-state index contributed by atoms with van der Waals surface area (Å²) in [6, 6.07) is 17.9. The number of piperidine rings is 1. The summed E-state index contributed by atoms with van der Waals surface area (Å²) in [6.07, 6.45) is 4.39. The van der Waals surface area contributed by atoms with Gasteiger partial charge in [-0.2, -0.15) is 5.26 Å². The highest BCUT2D eigenvalue weighted by Crippen LogP contribution is 2.31. The summed E-state index contributed by atoms with van der Waals surface area (Å²) in [5, 5.41) is 14.5. The first-order valence-corrected chi connectivity index (χ1v) is 11.9. The number of nitrogens with one attached hydrogen (secondary N) is 1. The van der Waals surface area contributed by atoms with Gasteiger partial charge in [-0.05, 0) is 61.4 Å². The zero-order valence-electron chi connectivity index (χ0n) is 17.6. The maximum absolute atomic E-state index is 9.88. The molecule has 7 heteroatoms. The third kappa shape index (κ3) is 4.95. The van der Waals surface area contributed by atoms with Gasteiger partial charge in [0.25, 0.3) is 0 Å². The molecule has 0 radical (unpaired) electrons. The second-order valence-electron chi connectivity index (χ2n) is 7.74. The normalized spacial score (nSPS) is 14.3. The van der Waals surface area contributed by atoms with E-state index < -0.39 is 0 Å². The van der Waals surface area contributed by atoms with Crippen molar-refractivity contribution in [2.45, 2.75) is 24.9 Å². The van der Waals surface area contributed by atoms with Crippen LogP contribution in [0, 0.1) is 17.2 Å². The Morgan fingerprint density at radius 3 is 2.35 bits per heavy atom. The number of hydrogen-bond donors (Lipinski definition) is 1. The fraction of sp³-hybridized carbons (Fsp3) is 0.292. The van der Waals surface area contributed by atoms with Crippen LogP contribution >= 0.6 is 23.4 Å². The highest BCUT2D eigenvalue weighted by Gasteiger charge is 2.18. The van der Waals surface area contributed by atoms with E-state index in [1.54, 1.807) is 12.1 Å². The fourth-order valence-corrected chi connectivity index (χ4v) is 4.19. The van der Waals surface area contributed by atoms with Crippen molar-refractivity contribution in [2.24, 2.45) is 5.92 Å². The first-order valence-electron chi connectivity index (χ1n) is 10.3.